The first-order valence-corrected chi connectivity index (χ1v) is 6.91. The third kappa shape index (κ3) is 6.45. The van der Waals surface area contributed by atoms with Gasteiger partial charge in [0.1, 0.15) is 11.4 Å². The molecule has 0 aromatic heterocycles. The molecule has 0 amide bonds. The molecule has 21 heavy (non-hydrogen) atoms. The molecule has 4 heteroatoms. The van der Waals surface area contributed by atoms with Crippen molar-refractivity contribution in [3.63, 3.8) is 0 Å². The molecule has 1 aromatic rings. The summed E-state index contributed by atoms with van der Waals surface area (Å²) in [5, 5.41) is 0. The highest BCUT2D eigenvalue weighted by Crippen LogP contribution is 2.24. The van der Waals surface area contributed by atoms with E-state index in [1.165, 1.54) is 13.2 Å². The molecule has 4 nitrogen and oxygen atoms in total. The largest absolute Gasteiger partial charge is 0.501 e. The standard InChI is InChI=1S/C17H24O4/c1-17(2,3)21-16(18)12-14(19-4)11-15(20-5)13-9-7-6-8-10-13/h6-10,12,15H,11H2,1-5H3/b14-12+. The second-order valence-electron chi connectivity index (χ2n) is 5.69. The van der Waals surface area contributed by atoms with Gasteiger partial charge >= 0.3 is 5.97 Å². The lowest BCUT2D eigenvalue weighted by atomic mass is 10.1. The summed E-state index contributed by atoms with van der Waals surface area (Å²) < 4.78 is 16.0. The van der Waals surface area contributed by atoms with Crippen molar-refractivity contribution < 1.29 is 19.0 Å². The second-order valence-corrected chi connectivity index (χ2v) is 5.69. The molecular weight excluding hydrogens is 268 g/mol. The highest BCUT2D eigenvalue weighted by Gasteiger charge is 2.18. The Hall–Kier alpha value is -1.81. The van der Waals surface area contributed by atoms with Gasteiger partial charge in [-0.05, 0) is 26.3 Å². The maximum absolute atomic E-state index is 11.8. The van der Waals surface area contributed by atoms with Crippen LogP contribution in [0.25, 0.3) is 0 Å². The summed E-state index contributed by atoms with van der Waals surface area (Å²) in [6.45, 7) is 5.48. The first kappa shape index (κ1) is 17.2. The normalized spacial score (nSPS) is 13.7. The van der Waals surface area contributed by atoms with Crippen LogP contribution >= 0.6 is 0 Å². The van der Waals surface area contributed by atoms with E-state index < -0.39 is 11.6 Å². The lowest BCUT2D eigenvalue weighted by molar-refractivity contribution is -0.148. The number of hydrogen-bond donors (Lipinski definition) is 0. The first-order chi connectivity index (χ1) is 9.85. The van der Waals surface area contributed by atoms with E-state index >= 15 is 0 Å². The van der Waals surface area contributed by atoms with Gasteiger partial charge in [0.2, 0.25) is 0 Å². The average molecular weight is 292 g/mol. The van der Waals surface area contributed by atoms with E-state index in [0.717, 1.165) is 5.56 Å². The predicted molar refractivity (Wildman–Crippen MR) is 81.7 cm³/mol. The van der Waals surface area contributed by atoms with Gasteiger partial charge in [-0.15, -0.1) is 0 Å². The van der Waals surface area contributed by atoms with Gasteiger partial charge in [0, 0.05) is 13.5 Å². The minimum absolute atomic E-state index is 0.167. The second kappa shape index (κ2) is 7.84. The van der Waals surface area contributed by atoms with E-state index in [0.29, 0.717) is 12.2 Å². The molecule has 0 heterocycles. The molecule has 0 fully saturated rings. The Labute approximate surface area is 126 Å². The maximum Gasteiger partial charge on any atom is 0.334 e. The highest BCUT2D eigenvalue weighted by atomic mass is 16.6. The van der Waals surface area contributed by atoms with E-state index in [4.69, 9.17) is 14.2 Å². The predicted octanol–water partition coefficient (Wildman–Crippen LogP) is 3.64. The number of rotatable bonds is 6. The Bertz CT molecular complexity index is 471. The van der Waals surface area contributed by atoms with Crippen molar-refractivity contribution in [2.24, 2.45) is 0 Å². The molecule has 0 bridgehead atoms. The summed E-state index contributed by atoms with van der Waals surface area (Å²) in [6.07, 6.45) is 1.68. The van der Waals surface area contributed by atoms with Gasteiger partial charge in [-0.2, -0.15) is 0 Å². The van der Waals surface area contributed by atoms with Crippen LogP contribution in [0.3, 0.4) is 0 Å². The number of esters is 1. The third-order valence-corrected chi connectivity index (χ3v) is 2.79. The zero-order chi connectivity index (χ0) is 15.9. The zero-order valence-electron chi connectivity index (χ0n) is 13.4. The van der Waals surface area contributed by atoms with Gasteiger partial charge in [-0.3, -0.25) is 0 Å². The van der Waals surface area contributed by atoms with E-state index in [1.807, 2.05) is 51.1 Å². The molecule has 1 unspecified atom stereocenters. The van der Waals surface area contributed by atoms with Gasteiger partial charge in [-0.1, -0.05) is 30.3 Å². The first-order valence-electron chi connectivity index (χ1n) is 6.91. The smallest absolute Gasteiger partial charge is 0.334 e. The van der Waals surface area contributed by atoms with Crippen molar-refractivity contribution in [1.29, 1.82) is 0 Å². The Balaban J connectivity index is 2.78. The molecule has 0 aliphatic carbocycles. The Kier molecular flexibility index (Phi) is 6.43. The Morgan fingerprint density at radius 1 is 1.19 bits per heavy atom. The Morgan fingerprint density at radius 3 is 2.29 bits per heavy atom. The monoisotopic (exact) mass is 292 g/mol. The quantitative estimate of drug-likeness (QED) is 0.456. The fourth-order valence-corrected chi connectivity index (χ4v) is 1.85. The van der Waals surface area contributed by atoms with Gasteiger partial charge in [0.15, 0.2) is 0 Å². The zero-order valence-corrected chi connectivity index (χ0v) is 13.4. The van der Waals surface area contributed by atoms with Crippen LogP contribution in [0.15, 0.2) is 42.2 Å². The van der Waals surface area contributed by atoms with Gasteiger partial charge in [0.25, 0.3) is 0 Å². The molecule has 1 atom stereocenters. The summed E-state index contributed by atoms with van der Waals surface area (Å²) in [5.74, 6) is 0.113. The van der Waals surface area contributed by atoms with Crippen LogP contribution in [-0.2, 0) is 19.0 Å². The highest BCUT2D eigenvalue weighted by molar-refractivity contribution is 5.82. The fraction of sp³-hybridized carbons (Fsp3) is 0.471. The molecule has 0 aliphatic heterocycles. The molecule has 0 aliphatic rings. The fourth-order valence-electron chi connectivity index (χ4n) is 1.85. The molecule has 0 saturated heterocycles. The minimum Gasteiger partial charge on any atom is -0.501 e. The van der Waals surface area contributed by atoms with Crippen LogP contribution in [0.4, 0.5) is 0 Å². The number of benzene rings is 1. The SMILES string of the molecule is CO/C(=C/C(=O)OC(C)(C)C)CC(OC)c1ccccc1. The van der Waals surface area contributed by atoms with Crippen LogP contribution in [0.1, 0.15) is 38.9 Å². The lowest BCUT2D eigenvalue weighted by Gasteiger charge is -2.20. The molecule has 1 rings (SSSR count). The van der Waals surface area contributed by atoms with Gasteiger partial charge in [-0.25, -0.2) is 4.79 Å². The van der Waals surface area contributed by atoms with Crippen molar-refractivity contribution >= 4 is 5.97 Å². The van der Waals surface area contributed by atoms with Crippen LogP contribution in [0.5, 0.6) is 0 Å². The number of carbonyl (C=O) groups excluding carboxylic acids is 1. The van der Waals surface area contributed by atoms with Crippen LogP contribution in [0, 0.1) is 0 Å². The average Bonchev–Trinajstić information content (AvgIpc) is 2.42. The van der Waals surface area contributed by atoms with Crippen LogP contribution in [-0.4, -0.2) is 25.8 Å². The summed E-state index contributed by atoms with van der Waals surface area (Å²) in [7, 11) is 3.17. The topological polar surface area (TPSA) is 44.8 Å². The van der Waals surface area contributed by atoms with Gasteiger partial charge < -0.3 is 14.2 Å². The molecule has 0 saturated carbocycles. The van der Waals surface area contributed by atoms with E-state index in [9.17, 15) is 4.79 Å². The van der Waals surface area contributed by atoms with Gasteiger partial charge in [0.05, 0.1) is 19.3 Å². The van der Waals surface area contributed by atoms with Crippen LogP contribution in [0.2, 0.25) is 0 Å². The van der Waals surface area contributed by atoms with E-state index in [-0.39, 0.29) is 6.10 Å². The number of methoxy groups -OCH3 is 2. The summed E-state index contributed by atoms with van der Waals surface area (Å²) in [4.78, 5) is 11.8. The van der Waals surface area contributed by atoms with Crippen molar-refractivity contribution in [2.75, 3.05) is 14.2 Å². The van der Waals surface area contributed by atoms with E-state index in [2.05, 4.69) is 0 Å². The van der Waals surface area contributed by atoms with Crippen molar-refractivity contribution in [3.05, 3.63) is 47.7 Å². The number of carbonyl (C=O) groups is 1. The molecule has 116 valence electrons. The van der Waals surface area contributed by atoms with Crippen molar-refractivity contribution in [3.8, 4) is 0 Å². The van der Waals surface area contributed by atoms with Crippen molar-refractivity contribution in [1.82, 2.24) is 0 Å². The summed E-state index contributed by atoms with van der Waals surface area (Å²) in [5.41, 5.74) is 0.513. The molecule has 0 spiro atoms. The third-order valence-electron chi connectivity index (χ3n) is 2.79. The molecular formula is C17H24O4. The minimum atomic E-state index is -0.521. The molecule has 0 N–H and O–H groups in total. The van der Waals surface area contributed by atoms with E-state index in [1.54, 1.807) is 7.11 Å². The summed E-state index contributed by atoms with van der Waals surface area (Å²) >= 11 is 0. The number of hydrogen-bond acceptors (Lipinski definition) is 4. The maximum atomic E-state index is 11.8. The Morgan fingerprint density at radius 2 is 1.81 bits per heavy atom. The molecule has 1 aromatic carbocycles. The van der Waals surface area contributed by atoms with Crippen LogP contribution < -0.4 is 0 Å². The lowest BCUT2D eigenvalue weighted by Crippen LogP contribution is -2.23. The summed E-state index contributed by atoms with van der Waals surface area (Å²) in [6, 6.07) is 9.81. The van der Waals surface area contributed by atoms with Crippen molar-refractivity contribution in [2.45, 2.75) is 38.9 Å². The molecule has 0 radical (unpaired) electrons. The number of ether oxygens (including phenoxy) is 3.